The standard InChI is InChI=1S/C14H21N3O3/c1-3-20-13-6-4-5-12(14(13)17(18)19)16-8-7-11(10-16)9-15-2/h4-6,11,15H,3,7-10H2,1-2H3. The highest BCUT2D eigenvalue weighted by atomic mass is 16.6. The molecule has 1 aromatic carbocycles. The number of ether oxygens (including phenoxy) is 1. The van der Waals surface area contributed by atoms with Crippen LogP contribution in [0.2, 0.25) is 0 Å². The van der Waals surface area contributed by atoms with Crippen LogP contribution in [0.15, 0.2) is 18.2 Å². The van der Waals surface area contributed by atoms with Gasteiger partial charge in [-0.3, -0.25) is 10.1 Å². The van der Waals surface area contributed by atoms with E-state index in [2.05, 4.69) is 10.2 Å². The molecule has 1 aliphatic heterocycles. The Morgan fingerprint density at radius 3 is 3.00 bits per heavy atom. The lowest BCUT2D eigenvalue weighted by Gasteiger charge is -2.19. The molecule has 0 bridgehead atoms. The van der Waals surface area contributed by atoms with E-state index in [0.29, 0.717) is 24.0 Å². The molecule has 6 nitrogen and oxygen atoms in total. The molecule has 2 rings (SSSR count). The van der Waals surface area contributed by atoms with Gasteiger partial charge in [0.25, 0.3) is 0 Å². The van der Waals surface area contributed by atoms with Gasteiger partial charge in [0.2, 0.25) is 0 Å². The predicted molar refractivity (Wildman–Crippen MR) is 78.5 cm³/mol. The molecule has 1 aliphatic rings. The van der Waals surface area contributed by atoms with Crippen molar-refractivity contribution in [3.63, 3.8) is 0 Å². The third-order valence-electron chi connectivity index (χ3n) is 3.58. The highest BCUT2D eigenvalue weighted by molar-refractivity contribution is 5.70. The summed E-state index contributed by atoms with van der Waals surface area (Å²) >= 11 is 0. The third-order valence-corrected chi connectivity index (χ3v) is 3.58. The molecular formula is C14H21N3O3. The maximum atomic E-state index is 11.4. The van der Waals surface area contributed by atoms with Crippen LogP contribution in [-0.4, -0.2) is 38.2 Å². The molecule has 0 amide bonds. The Hall–Kier alpha value is -1.82. The van der Waals surface area contributed by atoms with E-state index in [1.165, 1.54) is 0 Å². The van der Waals surface area contributed by atoms with Crippen LogP contribution in [-0.2, 0) is 0 Å². The second-order valence-electron chi connectivity index (χ2n) is 4.97. The summed E-state index contributed by atoms with van der Waals surface area (Å²) in [4.78, 5) is 13.1. The second-order valence-corrected chi connectivity index (χ2v) is 4.97. The Bertz CT molecular complexity index is 479. The van der Waals surface area contributed by atoms with E-state index < -0.39 is 0 Å². The lowest BCUT2D eigenvalue weighted by Crippen LogP contribution is -2.24. The minimum absolute atomic E-state index is 0.0828. The zero-order valence-electron chi connectivity index (χ0n) is 12.0. The number of benzene rings is 1. The first-order valence-corrected chi connectivity index (χ1v) is 6.97. The van der Waals surface area contributed by atoms with Crippen LogP contribution in [0.1, 0.15) is 13.3 Å². The van der Waals surface area contributed by atoms with E-state index in [-0.39, 0.29) is 10.6 Å². The molecule has 0 spiro atoms. The van der Waals surface area contributed by atoms with Crippen LogP contribution < -0.4 is 15.0 Å². The Labute approximate surface area is 118 Å². The number of hydrogen-bond acceptors (Lipinski definition) is 5. The van der Waals surface area contributed by atoms with Crippen LogP contribution in [0.25, 0.3) is 0 Å². The summed E-state index contributed by atoms with van der Waals surface area (Å²) in [7, 11) is 1.93. The van der Waals surface area contributed by atoms with E-state index in [4.69, 9.17) is 4.74 Å². The number of hydrogen-bond donors (Lipinski definition) is 1. The van der Waals surface area contributed by atoms with Gasteiger partial charge in [0.1, 0.15) is 5.69 Å². The maximum absolute atomic E-state index is 11.4. The average Bonchev–Trinajstić information content (AvgIpc) is 2.87. The fourth-order valence-corrected chi connectivity index (χ4v) is 2.73. The van der Waals surface area contributed by atoms with E-state index in [0.717, 1.165) is 26.1 Å². The van der Waals surface area contributed by atoms with E-state index in [1.807, 2.05) is 26.1 Å². The van der Waals surface area contributed by atoms with Gasteiger partial charge in [-0.25, -0.2) is 0 Å². The number of nitro benzene ring substituents is 1. The molecule has 1 fully saturated rings. The lowest BCUT2D eigenvalue weighted by molar-refractivity contribution is -0.385. The number of rotatable bonds is 6. The summed E-state index contributed by atoms with van der Waals surface area (Å²) in [6.07, 6.45) is 1.05. The number of anilines is 1. The number of nitrogens with one attached hydrogen (secondary N) is 1. The van der Waals surface area contributed by atoms with Crippen LogP contribution >= 0.6 is 0 Å². The SMILES string of the molecule is CCOc1cccc(N2CCC(CNC)C2)c1[N+](=O)[O-]. The fourth-order valence-electron chi connectivity index (χ4n) is 2.73. The normalized spacial score (nSPS) is 18.3. The van der Waals surface area contributed by atoms with Gasteiger partial charge in [-0.2, -0.15) is 0 Å². The molecular weight excluding hydrogens is 258 g/mol. The quantitative estimate of drug-likeness (QED) is 0.637. The van der Waals surface area contributed by atoms with Gasteiger partial charge in [-0.15, -0.1) is 0 Å². The Morgan fingerprint density at radius 1 is 1.55 bits per heavy atom. The van der Waals surface area contributed by atoms with Gasteiger partial charge in [0.15, 0.2) is 5.75 Å². The first-order valence-electron chi connectivity index (χ1n) is 6.97. The van der Waals surface area contributed by atoms with Crippen molar-refractivity contribution in [2.75, 3.05) is 38.2 Å². The van der Waals surface area contributed by atoms with Crippen molar-refractivity contribution < 1.29 is 9.66 Å². The Balaban J connectivity index is 2.27. The first kappa shape index (κ1) is 14.6. The van der Waals surface area contributed by atoms with Crippen molar-refractivity contribution in [1.29, 1.82) is 0 Å². The fraction of sp³-hybridized carbons (Fsp3) is 0.571. The summed E-state index contributed by atoms with van der Waals surface area (Å²) in [6, 6.07) is 5.29. The highest BCUT2D eigenvalue weighted by Crippen LogP contribution is 2.39. The smallest absolute Gasteiger partial charge is 0.333 e. The summed E-state index contributed by atoms with van der Waals surface area (Å²) in [6.45, 7) is 4.89. The van der Waals surface area contributed by atoms with Gasteiger partial charge in [-0.05, 0) is 45.0 Å². The molecule has 1 saturated heterocycles. The molecule has 6 heteroatoms. The zero-order valence-corrected chi connectivity index (χ0v) is 12.0. The minimum Gasteiger partial charge on any atom is -0.487 e. The van der Waals surface area contributed by atoms with Crippen LogP contribution in [0.3, 0.4) is 0 Å². The molecule has 0 aromatic heterocycles. The van der Waals surface area contributed by atoms with Crippen molar-refractivity contribution in [3.05, 3.63) is 28.3 Å². The highest BCUT2D eigenvalue weighted by Gasteiger charge is 2.29. The number of para-hydroxylation sites is 1. The van der Waals surface area contributed by atoms with Crippen LogP contribution in [0, 0.1) is 16.0 Å². The van der Waals surface area contributed by atoms with Crippen molar-refractivity contribution in [2.24, 2.45) is 5.92 Å². The summed E-state index contributed by atoms with van der Waals surface area (Å²) in [5, 5.41) is 14.5. The molecule has 1 atom stereocenters. The van der Waals surface area contributed by atoms with E-state index >= 15 is 0 Å². The Kier molecular flexibility index (Phi) is 4.79. The molecule has 0 aliphatic carbocycles. The van der Waals surface area contributed by atoms with Crippen LogP contribution in [0.5, 0.6) is 5.75 Å². The van der Waals surface area contributed by atoms with Crippen molar-refractivity contribution >= 4 is 11.4 Å². The maximum Gasteiger partial charge on any atom is 0.333 e. The number of nitrogens with zero attached hydrogens (tertiary/aromatic N) is 2. The third kappa shape index (κ3) is 3.01. The van der Waals surface area contributed by atoms with E-state index in [9.17, 15) is 10.1 Å². The molecule has 20 heavy (non-hydrogen) atoms. The van der Waals surface area contributed by atoms with Gasteiger partial charge in [0, 0.05) is 13.1 Å². The number of nitro groups is 1. The van der Waals surface area contributed by atoms with Gasteiger partial charge >= 0.3 is 5.69 Å². The van der Waals surface area contributed by atoms with Gasteiger partial charge < -0.3 is 15.0 Å². The molecule has 1 N–H and O–H groups in total. The largest absolute Gasteiger partial charge is 0.487 e. The average molecular weight is 279 g/mol. The molecule has 110 valence electrons. The minimum atomic E-state index is -0.342. The monoisotopic (exact) mass is 279 g/mol. The predicted octanol–water partition coefficient (Wildman–Crippen LogP) is 2.04. The summed E-state index contributed by atoms with van der Waals surface area (Å²) < 4.78 is 5.39. The molecule has 0 radical (unpaired) electrons. The topological polar surface area (TPSA) is 67.6 Å². The second kappa shape index (κ2) is 6.56. The van der Waals surface area contributed by atoms with Gasteiger partial charge in [0.05, 0.1) is 11.5 Å². The molecule has 1 unspecified atom stereocenters. The van der Waals surface area contributed by atoms with Crippen LogP contribution in [0.4, 0.5) is 11.4 Å². The van der Waals surface area contributed by atoms with Crippen molar-refractivity contribution in [3.8, 4) is 5.75 Å². The summed E-state index contributed by atoms with van der Waals surface area (Å²) in [5.74, 6) is 0.891. The first-order chi connectivity index (χ1) is 9.67. The van der Waals surface area contributed by atoms with Gasteiger partial charge in [-0.1, -0.05) is 6.07 Å². The summed E-state index contributed by atoms with van der Waals surface area (Å²) in [5.41, 5.74) is 0.749. The van der Waals surface area contributed by atoms with Crippen molar-refractivity contribution in [1.82, 2.24) is 5.32 Å². The molecule has 1 aromatic rings. The van der Waals surface area contributed by atoms with Crippen molar-refractivity contribution in [2.45, 2.75) is 13.3 Å². The zero-order chi connectivity index (χ0) is 14.5. The Morgan fingerprint density at radius 2 is 2.35 bits per heavy atom. The molecule has 1 heterocycles. The van der Waals surface area contributed by atoms with E-state index in [1.54, 1.807) is 6.07 Å². The molecule has 0 saturated carbocycles. The lowest BCUT2D eigenvalue weighted by atomic mass is 10.1.